The van der Waals surface area contributed by atoms with Crippen LogP contribution in [0.5, 0.6) is 0 Å². The highest BCUT2D eigenvalue weighted by Crippen LogP contribution is 2.37. The van der Waals surface area contributed by atoms with Gasteiger partial charge >= 0.3 is 0 Å². The fraction of sp³-hybridized carbons (Fsp3) is 1.00. The molecule has 1 heterocycles. The quantitative estimate of drug-likeness (QED) is 0.779. The van der Waals surface area contributed by atoms with Gasteiger partial charge in [-0.25, -0.2) is 8.42 Å². The lowest BCUT2D eigenvalue weighted by molar-refractivity contribution is 0.126. The molecule has 0 aromatic heterocycles. The summed E-state index contributed by atoms with van der Waals surface area (Å²) in [5.74, 6) is 1.79. The number of hydrogen-bond donors (Lipinski definition) is 1. The summed E-state index contributed by atoms with van der Waals surface area (Å²) >= 11 is 1.78. The van der Waals surface area contributed by atoms with Gasteiger partial charge in [0.15, 0.2) is 9.84 Å². The molecule has 0 radical (unpaired) electrons. The molecule has 0 bridgehead atoms. The molecule has 6 heteroatoms. The van der Waals surface area contributed by atoms with Crippen molar-refractivity contribution in [2.75, 3.05) is 44.4 Å². The summed E-state index contributed by atoms with van der Waals surface area (Å²) in [7, 11) is -0.971. The Morgan fingerprint density at radius 2 is 1.90 bits per heavy atom. The highest BCUT2D eigenvalue weighted by Gasteiger charge is 2.38. The summed E-state index contributed by atoms with van der Waals surface area (Å²) in [5, 5.41) is 3.08. The van der Waals surface area contributed by atoms with Crippen LogP contribution in [0.25, 0.3) is 0 Å². The summed E-state index contributed by atoms with van der Waals surface area (Å²) < 4.78 is 24.2. The Balaban J connectivity index is 2.13. The smallest absolute Gasteiger partial charge is 0.164 e. The van der Waals surface area contributed by atoms with Crippen molar-refractivity contribution in [1.29, 1.82) is 0 Å². The topological polar surface area (TPSA) is 49.4 Å². The van der Waals surface area contributed by atoms with E-state index in [-0.39, 0.29) is 10.8 Å². The molecule has 0 aromatic rings. The number of nitrogens with zero attached hydrogens (tertiary/aromatic N) is 1. The first-order valence-electron chi connectivity index (χ1n) is 8.12. The van der Waals surface area contributed by atoms with Crippen LogP contribution in [0.2, 0.25) is 0 Å². The van der Waals surface area contributed by atoms with E-state index in [9.17, 15) is 8.42 Å². The maximum absolute atomic E-state index is 12.1. The van der Waals surface area contributed by atoms with Crippen LogP contribution in [0.3, 0.4) is 0 Å². The van der Waals surface area contributed by atoms with Gasteiger partial charge in [-0.3, -0.25) is 4.90 Å². The van der Waals surface area contributed by atoms with E-state index in [1.165, 1.54) is 44.8 Å². The lowest BCUT2D eigenvalue weighted by atomic mass is 9.79. The van der Waals surface area contributed by atoms with Gasteiger partial charge in [0.2, 0.25) is 0 Å². The zero-order valence-corrected chi connectivity index (χ0v) is 15.1. The number of hydrogen-bond acceptors (Lipinski definition) is 5. The van der Waals surface area contributed by atoms with Crippen molar-refractivity contribution in [1.82, 2.24) is 10.2 Å². The largest absolute Gasteiger partial charge is 0.319 e. The van der Waals surface area contributed by atoms with Gasteiger partial charge in [-0.15, -0.1) is 0 Å². The zero-order valence-electron chi connectivity index (χ0n) is 13.4. The fourth-order valence-electron chi connectivity index (χ4n) is 3.87. The van der Waals surface area contributed by atoms with Crippen LogP contribution in [0, 0.1) is 5.41 Å². The Hall–Kier alpha value is 0.220. The highest BCUT2D eigenvalue weighted by molar-refractivity contribution is 8.00. The Morgan fingerprint density at radius 3 is 2.48 bits per heavy atom. The van der Waals surface area contributed by atoms with Gasteiger partial charge in [-0.2, -0.15) is 11.8 Å². The third-order valence-corrected chi connectivity index (χ3v) is 7.63. The van der Waals surface area contributed by atoms with Gasteiger partial charge in [0, 0.05) is 37.4 Å². The molecule has 2 fully saturated rings. The number of rotatable bonds is 5. The summed E-state index contributed by atoms with van der Waals surface area (Å²) in [6, 6.07) is 0. The molecular formula is C15H30N2O2S2. The van der Waals surface area contributed by atoms with Crippen molar-refractivity contribution in [2.24, 2.45) is 5.41 Å². The van der Waals surface area contributed by atoms with Gasteiger partial charge in [0.1, 0.15) is 5.37 Å². The summed E-state index contributed by atoms with van der Waals surface area (Å²) in [4.78, 5) is 2.26. The zero-order chi connectivity index (χ0) is 15.3. The van der Waals surface area contributed by atoms with E-state index in [1.807, 2.05) is 7.05 Å². The molecule has 2 aliphatic rings. The SMILES string of the molecule is CNCC1(CN2CCSCC2S(C)(=O)=O)CCCCCC1. The molecule has 1 N–H and O–H groups in total. The molecule has 2 rings (SSSR count). The molecule has 4 nitrogen and oxygen atoms in total. The van der Waals surface area contributed by atoms with Gasteiger partial charge in [0.25, 0.3) is 0 Å². The van der Waals surface area contributed by atoms with Crippen LogP contribution in [-0.4, -0.2) is 63.1 Å². The number of thioether (sulfide) groups is 1. The molecule has 1 aliphatic heterocycles. The van der Waals surface area contributed by atoms with Crippen LogP contribution in [-0.2, 0) is 9.84 Å². The van der Waals surface area contributed by atoms with Crippen LogP contribution < -0.4 is 5.32 Å². The molecule has 1 aliphatic carbocycles. The normalized spacial score (nSPS) is 28.2. The maximum Gasteiger partial charge on any atom is 0.164 e. The molecule has 0 spiro atoms. The van der Waals surface area contributed by atoms with E-state index < -0.39 is 9.84 Å². The van der Waals surface area contributed by atoms with E-state index in [0.29, 0.717) is 0 Å². The van der Waals surface area contributed by atoms with E-state index in [0.717, 1.165) is 31.1 Å². The number of sulfone groups is 1. The van der Waals surface area contributed by atoms with E-state index in [2.05, 4.69) is 10.2 Å². The molecule has 1 saturated carbocycles. The molecule has 1 unspecified atom stereocenters. The fourth-order valence-corrected chi connectivity index (χ4v) is 6.81. The average Bonchev–Trinajstić information content (AvgIpc) is 2.64. The molecule has 0 aromatic carbocycles. The first kappa shape index (κ1) is 17.6. The second-order valence-corrected chi connectivity index (χ2v) is 10.1. The Morgan fingerprint density at radius 1 is 1.24 bits per heavy atom. The van der Waals surface area contributed by atoms with Gasteiger partial charge < -0.3 is 5.32 Å². The highest BCUT2D eigenvalue weighted by atomic mass is 32.2. The van der Waals surface area contributed by atoms with Gasteiger partial charge in [0.05, 0.1) is 0 Å². The van der Waals surface area contributed by atoms with Crippen molar-refractivity contribution in [2.45, 2.75) is 43.9 Å². The van der Waals surface area contributed by atoms with Crippen molar-refractivity contribution in [3.05, 3.63) is 0 Å². The van der Waals surface area contributed by atoms with Gasteiger partial charge in [-0.1, -0.05) is 25.7 Å². The summed E-state index contributed by atoms with van der Waals surface area (Å²) in [6.07, 6.45) is 9.09. The second-order valence-electron chi connectivity index (χ2n) is 6.77. The molecule has 1 atom stereocenters. The van der Waals surface area contributed by atoms with Crippen molar-refractivity contribution in [3.63, 3.8) is 0 Å². The standard InChI is InChI=1S/C15H30N2O2S2/c1-16-12-15(7-5-3-4-6-8-15)13-17-9-10-20-11-14(17)21(2,18)19/h14,16H,3-13H2,1-2H3. The third kappa shape index (κ3) is 4.85. The minimum absolute atomic E-state index is 0.260. The Labute approximate surface area is 134 Å². The lowest BCUT2D eigenvalue weighted by Crippen LogP contribution is -2.53. The second kappa shape index (κ2) is 7.66. The van der Waals surface area contributed by atoms with E-state index in [1.54, 1.807) is 11.8 Å². The van der Waals surface area contributed by atoms with Gasteiger partial charge in [-0.05, 0) is 25.3 Å². The Bertz CT molecular complexity index is 417. The molecular weight excluding hydrogens is 304 g/mol. The lowest BCUT2D eigenvalue weighted by Gasteiger charge is -2.42. The van der Waals surface area contributed by atoms with Crippen LogP contribution in [0.15, 0.2) is 0 Å². The van der Waals surface area contributed by atoms with E-state index >= 15 is 0 Å². The van der Waals surface area contributed by atoms with Crippen molar-refractivity contribution in [3.8, 4) is 0 Å². The monoisotopic (exact) mass is 334 g/mol. The first-order chi connectivity index (χ1) is 9.97. The number of nitrogens with one attached hydrogen (secondary N) is 1. The molecule has 0 amide bonds. The van der Waals surface area contributed by atoms with Crippen molar-refractivity contribution < 1.29 is 8.42 Å². The predicted octanol–water partition coefficient (Wildman–Crippen LogP) is 1.97. The minimum Gasteiger partial charge on any atom is -0.319 e. The van der Waals surface area contributed by atoms with E-state index in [4.69, 9.17) is 0 Å². The van der Waals surface area contributed by atoms with Crippen LogP contribution >= 0.6 is 11.8 Å². The summed E-state index contributed by atoms with van der Waals surface area (Å²) in [6.45, 7) is 2.85. The molecule has 124 valence electrons. The van der Waals surface area contributed by atoms with Crippen LogP contribution in [0.4, 0.5) is 0 Å². The first-order valence-corrected chi connectivity index (χ1v) is 11.2. The predicted molar refractivity (Wildman–Crippen MR) is 91.6 cm³/mol. The Kier molecular flexibility index (Phi) is 6.41. The average molecular weight is 335 g/mol. The maximum atomic E-state index is 12.1. The summed E-state index contributed by atoms with van der Waals surface area (Å²) in [5.41, 5.74) is 0.260. The molecule has 1 saturated heterocycles. The third-order valence-electron chi connectivity index (χ3n) is 4.94. The molecule has 21 heavy (non-hydrogen) atoms. The van der Waals surface area contributed by atoms with Crippen molar-refractivity contribution >= 4 is 21.6 Å². The minimum atomic E-state index is -2.99. The van der Waals surface area contributed by atoms with Crippen LogP contribution in [0.1, 0.15) is 38.5 Å².